The summed E-state index contributed by atoms with van der Waals surface area (Å²) in [5.41, 5.74) is 3.46. The molecule has 0 aliphatic carbocycles. The first-order chi connectivity index (χ1) is 10.5. The quantitative estimate of drug-likeness (QED) is 0.857. The summed E-state index contributed by atoms with van der Waals surface area (Å²) in [6, 6.07) is 2.56. The number of hydrogen-bond acceptors (Lipinski definition) is 5. The van der Waals surface area contributed by atoms with E-state index in [1.54, 1.807) is 6.33 Å². The molecule has 0 bridgehead atoms. The molecule has 0 radical (unpaired) electrons. The van der Waals surface area contributed by atoms with E-state index in [2.05, 4.69) is 45.0 Å². The predicted octanol–water partition coefficient (Wildman–Crippen LogP) is 1.54. The average Bonchev–Trinajstić information content (AvgIpc) is 3.06. The number of nitrogens with zero attached hydrogens (tertiary/aromatic N) is 6. The van der Waals surface area contributed by atoms with Gasteiger partial charge < -0.3 is 4.90 Å². The SMILES string of the molecule is Cc1cc(N(C)C2CCN(Cc3cn(C)nc3C)C2)ncn1. The van der Waals surface area contributed by atoms with E-state index in [9.17, 15) is 0 Å². The first-order valence-corrected chi connectivity index (χ1v) is 7.76. The first-order valence-electron chi connectivity index (χ1n) is 7.76. The maximum Gasteiger partial charge on any atom is 0.132 e. The van der Waals surface area contributed by atoms with Crippen LogP contribution < -0.4 is 4.90 Å². The van der Waals surface area contributed by atoms with Crippen LogP contribution in [-0.4, -0.2) is 50.8 Å². The van der Waals surface area contributed by atoms with E-state index in [4.69, 9.17) is 0 Å². The van der Waals surface area contributed by atoms with Crippen molar-refractivity contribution < 1.29 is 0 Å². The van der Waals surface area contributed by atoms with E-state index in [1.165, 1.54) is 12.0 Å². The Morgan fingerprint density at radius 3 is 2.82 bits per heavy atom. The Balaban J connectivity index is 1.63. The fourth-order valence-electron chi connectivity index (χ4n) is 3.14. The van der Waals surface area contributed by atoms with Crippen molar-refractivity contribution in [1.82, 2.24) is 24.6 Å². The second-order valence-corrected chi connectivity index (χ2v) is 6.22. The lowest BCUT2D eigenvalue weighted by Crippen LogP contribution is -2.35. The molecule has 118 valence electrons. The molecule has 0 saturated carbocycles. The van der Waals surface area contributed by atoms with E-state index in [0.29, 0.717) is 6.04 Å². The summed E-state index contributed by atoms with van der Waals surface area (Å²) in [4.78, 5) is 13.3. The van der Waals surface area contributed by atoms with Crippen molar-refractivity contribution in [2.45, 2.75) is 32.9 Å². The lowest BCUT2D eigenvalue weighted by Gasteiger charge is -2.26. The highest BCUT2D eigenvalue weighted by Gasteiger charge is 2.27. The summed E-state index contributed by atoms with van der Waals surface area (Å²) < 4.78 is 1.90. The lowest BCUT2D eigenvalue weighted by atomic mass is 10.2. The number of likely N-dealkylation sites (tertiary alicyclic amines) is 1. The van der Waals surface area contributed by atoms with Gasteiger partial charge in [0.05, 0.1) is 5.69 Å². The van der Waals surface area contributed by atoms with Gasteiger partial charge in [0.2, 0.25) is 0 Å². The minimum Gasteiger partial charge on any atom is -0.355 e. The molecule has 3 rings (SSSR count). The summed E-state index contributed by atoms with van der Waals surface area (Å²) in [6.07, 6.45) is 4.94. The second kappa shape index (κ2) is 6.04. The molecule has 0 amide bonds. The highest BCUT2D eigenvalue weighted by Crippen LogP contribution is 2.21. The van der Waals surface area contributed by atoms with Crippen LogP contribution in [0.15, 0.2) is 18.6 Å². The molecule has 0 N–H and O–H groups in total. The molecule has 0 spiro atoms. The van der Waals surface area contributed by atoms with Gasteiger partial charge in [-0.25, -0.2) is 9.97 Å². The molecular formula is C16H24N6. The van der Waals surface area contributed by atoms with E-state index in [0.717, 1.165) is 36.8 Å². The molecule has 3 heterocycles. The Morgan fingerprint density at radius 1 is 1.32 bits per heavy atom. The van der Waals surface area contributed by atoms with Crippen LogP contribution in [0.1, 0.15) is 23.4 Å². The minimum atomic E-state index is 0.506. The highest BCUT2D eigenvalue weighted by atomic mass is 15.3. The van der Waals surface area contributed by atoms with E-state index in [-0.39, 0.29) is 0 Å². The van der Waals surface area contributed by atoms with Crippen molar-refractivity contribution in [1.29, 1.82) is 0 Å². The van der Waals surface area contributed by atoms with Crippen molar-refractivity contribution in [3.8, 4) is 0 Å². The molecule has 22 heavy (non-hydrogen) atoms. The van der Waals surface area contributed by atoms with Gasteiger partial charge in [-0.05, 0) is 20.3 Å². The first kappa shape index (κ1) is 15.0. The number of aryl methyl sites for hydroxylation is 3. The molecule has 1 aliphatic rings. The summed E-state index contributed by atoms with van der Waals surface area (Å²) >= 11 is 0. The van der Waals surface area contributed by atoms with E-state index >= 15 is 0 Å². The van der Waals surface area contributed by atoms with Gasteiger partial charge in [0.15, 0.2) is 0 Å². The van der Waals surface area contributed by atoms with Crippen LogP contribution >= 0.6 is 0 Å². The Morgan fingerprint density at radius 2 is 2.14 bits per heavy atom. The van der Waals surface area contributed by atoms with Gasteiger partial charge in [-0.2, -0.15) is 5.10 Å². The monoisotopic (exact) mass is 300 g/mol. The summed E-state index contributed by atoms with van der Waals surface area (Å²) in [5.74, 6) is 1.01. The second-order valence-electron chi connectivity index (χ2n) is 6.22. The zero-order valence-electron chi connectivity index (χ0n) is 13.8. The van der Waals surface area contributed by atoms with Crippen LogP contribution in [0.4, 0.5) is 5.82 Å². The standard InChI is InChI=1S/C16H24N6/c1-12-7-16(18-11-17-12)21(4)15-5-6-22(10-15)9-14-8-20(3)19-13(14)2/h7-8,11,15H,5-6,9-10H2,1-4H3. The topological polar surface area (TPSA) is 50.1 Å². The van der Waals surface area contributed by atoms with Gasteiger partial charge >= 0.3 is 0 Å². The van der Waals surface area contributed by atoms with Crippen molar-refractivity contribution in [3.05, 3.63) is 35.5 Å². The van der Waals surface area contributed by atoms with Gasteiger partial charge in [0.25, 0.3) is 0 Å². The zero-order chi connectivity index (χ0) is 15.7. The molecule has 1 atom stereocenters. The molecule has 1 unspecified atom stereocenters. The number of aromatic nitrogens is 4. The zero-order valence-corrected chi connectivity index (χ0v) is 13.8. The molecule has 1 saturated heterocycles. The van der Waals surface area contributed by atoms with Crippen LogP contribution in [0.2, 0.25) is 0 Å². The summed E-state index contributed by atoms with van der Waals surface area (Å²) in [5, 5.41) is 4.43. The number of likely N-dealkylation sites (N-methyl/N-ethyl adjacent to an activating group) is 1. The molecule has 6 heteroatoms. The fraction of sp³-hybridized carbons (Fsp3) is 0.562. The van der Waals surface area contributed by atoms with Crippen LogP contribution in [0.5, 0.6) is 0 Å². The third kappa shape index (κ3) is 3.11. The van der Waals surface area contributed by atoms with Gasteiger partial charge in [-0.1, -0.05) is 0 Å². The Bertz CT molecular complexity index is 650. The van der Waals surface area contributed by atoms with Crippen molar-refractivity contribution in [2.24, 2.45) is 7.05 Å². The largest absolute Gasteiger partial charge is 0.355 e. The van der Waals surface area contributed by atoms with Crippen molar-refractivity contribution in [3.63, 3.8) is 0 Å². The van der Waals surface area contributed by atoms with Gasteiger partial charge in [-0.15, -0.1) is 0 Å². The third-order valence-electron chi connectivity index (χ3n) is 4.46. The van der Waals surface area contributed by atoms with E-state index < -0.39 is 0 Å². The minimum absolute atomic E-state index is 0.506. The Hall–Kier alpha value is -1.95. The van der Waals surface area contributed by atoms with Crippen molar-refractivity contribution >= 4 is 5.82 Å². The molecular weight excluding hydrogens is 276 g/mol. The lowest BCUT2D eigenvalue weighted by molar-refractivity contribution is 0.325. The molecule has 0 aromatic carbocycles. The van der Waals surface area contributed by atoms with E-state index in [1.807, 2.05) is 24.7 Å². The average molecular weight is 300 g/mol. The number of rotatable bonds is 4. The van der Waals surface area contributed by atoms with Gasteiger partial charge in [0.1, 0.15) is 12.1 Å². The smallest absolute Gasteiger partial charge is 0.132 e. The molecule has 1 fully saturated rings. The van der Waals surface area contributed by atoms with Gasteiger partial charge in [-0.3, -0.25) is 9.58 Å². The number of anilines is 1. The van der Waals surface area contributed by atoms with Crippen LogP contribution in [0.3, 0.4) is 0 Å². The maximum atomic E-state index is 4.43. The molecule has 2 aromatic heterocycles. The molecule has 2 aromatic rings. The normalized spacial score (nSPS) is 18.8. The third-order valence-corrected chi connectivity index (χ3v) is 4.46. The van der Waals surface area contributed by atoms with Crippen molar-refractivity contribution in [2.75, 3.05) is 25.0 Å². The molecule has 6 nitrogen and oxygen atoms in total. The number of hydrogen-bond donors (Lipinski definition) is 0. The van der Waals surface area contributed by atoms with Crippen LogP contribution in [-0.2, 0) is 13.6 Å². The summed E-state index contributed by atoms with van der Waals surface area (Å²) in [7, 11) is 4.11. The summed E-state index contributed by atoms with van der Waals surface area (Å²) in [6.45, 7) is 7.25. The Labute approximate surface area is 131 Å². The predicted molar refractivity (Wildman–Crippen MR) is 86.8 cm³/mol. The van der Waals surface area contributed by atoms with Crippen LogP contribution in [0, 0.1) is 13.8 Å². The fourth-order valence-corrected chi connectivity index (χ4v) is 3.14. The van der Waals surface area contributed by atoms with Gasteiger partial charge in [0, 0.05) is 63.3 Å². The highest BCUT2D eigenvalue weighted by molar-refractivity contribution is 5.39. The van der Waals surface area contributed by atoms with Crippen LogP contribution in [0.25, 0.3) is 0 Å². The Kier molecular flexibility index (Phi) is 4.11. The maximum absolute atomic E-state index is 4.43. The molecule has 1 aliphatic heterocycles.